The third-order valence-electron chi connectivity index (χ3n) is 4.22. The SMILES string of the molecule is C=C(C)CSCCC(CC(O)COCc1ccccc1)OCc1ccccc1. The second-order valence-electron chi connectivity index (χ2n) is 7.11. The van der Waals surface area contributed by atoms with E-state index in [9.17, 15) is 5.11 Å². The van der Waals surface area contributed by atoms with E-state index in [1.54, 1.807) is 0 Å². The maximum absolute atomic E-state index is 10.4. The van der Waals surface area contributed by atoms with Crippen molar-refractivity contribution in [2.45, 2.75) is 45.2 Å². The lowest BCUT2D eigenvalue weighted by molar-refractivity contribution is -0.0287. The van der Waals surface area contributed by atoms with Gasteiger partial charge in [-0.1, -0.05) is 72.8 Å². The van der Waals surface area contributed by atoms with E-state index in [0.29, 0.717) is 26.2 Å². The van der Waals surface area contributed by atoms with Crippen LogP contribution in [0.25, 0.3) is 0 Å². The predicted molar refractivity (Wildman–Crippen MR) is 118 cm³/mol. The van der Waals surface area contributed by atoms with Crippen LogP contribution in [0.15, 0.2) is 72.8 Å². The van der Waals surface area contributed by atoms with Crippen molar-refractivity contribution < 1.29 is 14.6 Å². The van der Waals surface area contributed by atoms with Gasteiger partial charge in [-0.25, -0.2) is 0 Å². The zero-order chi connectivity index (χ0) is 20.0. The van der Waals surface area contributed by atoms with Gasteiger partial charge in [-0.15, -0.1) is 0 Å². The molecule has 0 aliphatic heterocycles. The highest BCUT2D eigenvalue weighted by molar-refractivity contribution is 7.99. The Morgan fingerprint density at radius 1 is 1.00 bits per heavy atom. The van der Waals surface area contributed by atoms with Gasteiger partial charge >= 0.3 is 0 Å². The molecule has 152 valence electrons. The van der Waals surface area contributed by atoms with Crippen LogP contribution < -0.4 is 0 Å². The Bertz CT molecular complexity index is 660. The van der Waals surface area contributed by atoms with Crippen LogP contribution in [0.1, 0.15) is 30.9 Å². The minimum absolute atomic E-state index is 0.00755. The largest absolute Gasteiger partial charge is 0.391 e. The normalized spacial score (nSPS) is 13.2. The predicted octanol–water partition coefficient (Wildman–Crippen LogP) is 5.24. The molecule has 0 spiro atoms. The quantitative estimate of drug-likeness (QED) is 0.348. The van der Waals surface area contributed by atoms with Gasteiger partial charge in [0.2, 0.25) is 0 Å². The van der Waals surface area contributed by atoms with Crippen LogP contribution in [0, 0.1) is 0 Å². The molecule has 0 saturated carbocycles. The first-order valence-corrected chi connectivity index (χ1v) is 11.0. The average molecular weight is 401 g/mol. The van der Waals surface area contributed by atoms with Crippen molar-refractivity contribution in [1.29, 1.82) is 0 Å². The van der Waals surface area contributed by atoms with E-state index in [-0.39, 0.29) is 6.10 Å². The summed E-state index contributed by atoms with van der Waals surface area (Å²) in [7, 11) is 0. The molecule has 1 N–H and O–H groups in total. The minimum Gasteiger partial charge on any atom is -0.391 e. The first-order chi connectivity index (χ1) is 13.6. The minimum atomic E-state index is -0.532. The van der Waals surface area contributed by atoms with Gasteiger partial charge in [0.25, 0.3) is 0 Å². The summed E-state index contributed by atoms with van der Waals surface area (Å²) >= 11 is 1.86. The highest BCUT2D eigenvalue weighted by atomic mass is 32.2. The van der Waals surface area contributed by atoms with Gasteiger partial charge in [0.1, 0.15) is 0 Å². The lowest BCUT2D eigenvalue weighted by Crippen LogP contribution is -2.25. The van der Waals surface area contributed by atoms with Crippen molar-refractivity contribution >= 4 is 11.8 Å². The fourth-order valence-electron chi connectivity index (χ4n) is 2.78. The van der Waals surface area contributed by atoms with E-state index in [4.69, 9.17) is 9.47 Å². The highest BCUT2D eigenvalue weighted by Gasteiger charge is 2.16. The van der Waals surface area contributed by atoms with Gasteiger partial charge in [0.15, 0.2) is 0 Å². The van der Waals surface area contributed by atoms with Crippen LogP contribution >= 0.6 is 11.8 Å². The fraction of sp³-hybridized carbons (Fsp3) is 0.417. The summed E-state index contributed by atoms with van der Waals surface area (Å²) < 4.78 is 11.8. The Labute approximate surface area is 173 Å². The van der Waals surface area contributed by atoms with E-state index >= 15 is 0 Å². The molecule has 0 bridgehead atoms. The summed E-state index contributed by atoms with van der Waals surface area (Å²) in [5.74, 6) is 1.96. The van der Waals surface area contributed by atoms with Gasteiger partial charge in [-0.3, -0.25) is 0 Å². The van der Waals surface area contributed by atoms with Gasteiger partial charge in [0, 0.05) is 12.2 Å². The van der Waals surface area contributed by atoms with Gasteiger partial charge < -0.3 is 14.6 Å². The van der Waals surface area contributed by atoms with E-state index in [2.05, 4.69) is 18.7 Å². The second-order valence-corrected chi connectivity index (χ2v) is 8.21. The van der Waals surface area contributed by atoms with Crippen LogP contribution in [0.4, 0.5) is 0 Å². The van der Waals surface area contributed by atoms with Crippen LogP contribution in [-0.2, 0) is 22.7 Å². The van der Waals surface area contributed by atoms with Crippen molar-refractivity contribution in [3.63, 3.8) is 0 Å². The third kappa shape index (κ3) is 10.1. The van der Waals surface area contributed by atoms with Crippen LogP contribution in [-0.4, -0.2) is 35.4 Å². The van der Waals surface area contributed by atoms with E-state index in [1.807, 2.05) is 67.2 Å². The number of aliphatic hydroxyl groups is 1. The molecule has 2 aromatic carbocycles. The van der Waals surface area contributed by atoms with Crippen molar-refractivity contribution in [3.8, 4) is 0 Å². The summed E-state index contributed by atoms with van der Waals surface area (Å²) in [6, 6.07) is 20.2. The number of ether oxygens (including phenoxy) is 2. The Balaban J connectivity index is 1.76. The molecule has 0 aromatic heterocycles. The first-order valence-electron chi connectivity index (χ1n) is 9.81. The molecule has 0 aliphatic carbocycles. The molecule has 3 nitrogen and oxygen atoms in total. The van der Waals surface area contributed by atoms with Gasteiger partial charge in [-0.05, 0) is 30.2 Å². The molecule has 0 saturated heterocycles. The molecule has 0 amide bonds. The number of rotatable bonds is 14. The Hall–Kier alpha value is -1.59. The van der Waals surface area contributed by atoms with E-state index in [1.165, 1.54) is 5.57 Å². The van der Waals surface area contributed by atoms with Crippen molar-refractivity contribution in [1.82, 2.24) is 0 Å². The molecule has 28 heavy (non-hydrogen) atoms. The standard InChI is InChI=1S/C24H32O3S/c1-20(2)19-28-14-13-24(27-17-22-11-7-4-8-12-22)15-23(25)18-26-16-21-9-5-3-6-10-21/h3-12,23-25H,1,13-19H2,2H3. The van der Waals surface area contributed by atoms with E-state index in [0.717, 1.165) is 29.1 Å². The zero-order valence-corrected chi connectivity index (χ0v) is 17.6. The number of hydrogen-bond acceptors (Lipinski definition) is 4. The van der Waals surface area contributed by atoms with Crippen LogP contribution in [0.2, 0.25) is 0 Å². The molecular formula is C24H32O3S. The van der Waals surface area contributed by atoms with Gasteiger partial charge in [-0.2, -0.15) is 11.8 Å². The third-order valence-corrected chi connectivity index (χ3v) is 5.44. The molecule has 2 unspecified atom stereocenters. The summed E-state index contributed by atoms with van der Waals surface area (Å²) in [6.07, 6.45) is 0.958. The Morgan fingerprint density at radius 3 is 2.21 bits per heavy atom. The van der Waals surface area contributed by atoms with E-state index < -0.39 is 6.10 Å². The van der Waals surface area contributed by atoms with Crippen molar-refractivity contribution in [2.75, 3.05) is 18.1 Å². The molecular weight excluding hydrogens is 368 g/mol. The number of hydrogen-bond donors (Lipinski definition) is 1. The number of aliphatic hydroxyl groups excluding tert-OH is 1. The Kier molecular flexibility index (Phi) is 11.0. The molecule has 0 heterocycles. The van der Waals surface area contributed by atoms with Crippen molar-refractivity contribution in [3.05, 3.63) is 83.9 Å². The zero-order valence-electron chi connectivity index (χ0n) is 16.8. The summed E-state index contributed by atoms with van der Waals surface area (Å²) in [5.41, 5.74) is 3.45. The van der Waals surface area contributed by atoms with Gasteiger partial charge in [0.05, 0.1) is 32.0 Å². The Morgan fingerprint density at radius 2 is 1.61 bits per heavy atom. The lowest BCUT2D eigenvalue weighted by atomic mass is 10.1. The monoisotopic (exact) mass is 400 g/mol. The van der Waals surface area contributed by atoms with Crippen molar-refractivity contribution in [2.24, 2.45) is 0 Å². The maximum Gasteiger partial charge on any atom is 0.0798 e. The fourth-order valence-corrected chi connectivity index (χ4v) is 3.70. The smallest absolute Gasteiger partial charge is 0.0798 e. The summed E-state index contributed by atoms with van der Waals surface area (Å²) in [5, 5.41) is 10.4. The average Bonchev–Trinajstić information content (AvgIpc) is 2.70. The number of thioether (sulfide) groups is 1. The molecule has 2 atom stereocenters. The molecule has 0 aliphatic rings. The summed E-state index contributed by atoms with van der Waals surface area (Å²) in [6.45, 7) is 7.39. The molecule has 0 radical (unpaired) electrons. The molecule has 0 fully saturated rings. The van der Waals surface area contributed by atoms with Crippen LogP contribution in [0.5, 0.6) is 0 Å². The topological polar surface area (TPSA) is 38.7 Å². The molecule has 2 aromatic rings. The molecule has 2 rings (SSSR count). The lowest BCUT2D eigenvalue weighted by Gasteiger charge is -2.21. The first kappa shape index (κ1) is 22.7. The number of benzene rings is 2. The van der Waals surface area contributed by atoms with Crippen LogP contribution in [0.3, 0.4) is 0 Å². The highest BCUT2D eigenvalue weighted by Crippen LogP contribution is 2.16. The molecule has 4 heteroatoms. The summed E-state index contributed by atoms with van der Waals surface area (Å²) in [4.78, 5) is 0. The maximum atomic E-state index is 10.4. The second kappa shape index (κ2) is 13.6.